The smallest absolute Gasteiger partial charge is 0.115 e. The van der Waals surface area contributed by atoms with Gasteiger partial charge in [-0.3, -0.25) is 0 Å². The van der Waals surface area contributed by atoms with Crippen LogP contribution >= 0.6 is 15.9 Å². The van der Waals surface area contributed by atoms with Crippen LogP contribution in [-0.2, 0) is 0 Å². The molecule has 0 amide bonds. The van der Waals surface area contributed by atoms with Gasteiger partial charge < -0.3 is 0 Å². The Balaban J connectivity index is 2.99. The van der Waals surface area contributed by atoms with Crippen LogP contribution in [0.3, 0.4) is 0 Å². The maximum atomic E-state index is 4.34. The maximum Gasteiger partial charge on any atom is 0.115 e. The van der Waals surface area contributed by atoms with Crippen LogP contribution in [0.5, 0.6) is 0 Å². The van der Waals surface area contributed by atoms with Gasteiger partial charge in [0.15, 0.2) is 0 Å². The van der Waals surface area contributed by atoms with E-state index in [1.54, 1.807) is 6.33 Å². The molecule has 78 valence electrons. The lowest BCUT2D eigenvalue weighted by molar-refractivity contribution is 0.486. The summed E-state index contributed by atoms with van der Waals surface area (Å²) in [6.07, 6.45) is 1.65. The number of rotatable bonds is 3. The molecule has 2 unspecified atom stereocenters. The summed E-state index contributed by atoms with van der Waals surface area (Å²) < 4.78 is 0. The molecule has 14 heavy (non-hydrogen) atoms. The molecule has 1 aromatic rings. The molecule has 0 radical (unpaired) electrons. The van der Waals surface area contributed by atoms with Gasteiger partial charge >= 0.3 is 0 Å². The molecular weight excluding hydrogens is 240 g/mol. The van der Waals surface area contributed by atoms with Gasteiger partial charge in [-0.1, -0.05) is 36.7 Å². The van der Waals surface area contributed by atoms with Gasteiger partial charge in [-0.15, -0.1) is 0 Å². The molecule has 0 aromatic carbocycles. The minimum absolute atomic E-state index is 0.441. The first-order chi connectivity index (χ1) is 6.52. The Hall–Kier alpha value is -0.440. The Bertz CT molecular complexity index is 289. The molecule has 0 aliphatic rings. The zero-order chi connectivity index (χ0) is 10.7. The summed E-state index contributed by atoms with van der Waals surface area (Å²) in [5, 5.41) is 0. The minimum Gasteiger partial charge on any atom is -0.242 e. The van der Waals surface area contributed by atoms with Gasteiger partial charge in [-0.05, 0) is 18.9 Å². The molecule has 0 aliphatic heterocycles. The summed E-state index contributed by atoms with van der Waals surface area (Å²) in [4.78, 5) is 8.90. The van der Waals surface area contributed by atoms with Gasteiger partial charge in [0.05, 0.1) is 0 Å². The zero-order valence-electron chi connectivity index (χ0n) is 9.16. The fourth-order valence-electron chi connectivity index (χ4n) is 1.76. The van der Waals surface area contributed by atoms with Gasteiger partial charge in [0, 0.05) is 22.1 Å². The first-order valence-corrected chi connectivity index (χ1v) is 5.86. The second-order valence-corrected chi connectivity index (χ2v) is 5.48. The Morgan fingerprint density at radius 1 is 1.21 bits per heavy atom. The molecule has 3 heteroatoms. The molecule has 0 saturated carbocycles. The van der Waals surface area contributed by atoms with E-state index in [2.05, 4.69) is 52.7 Å². The quantitative estimate of drug-likeness (QED) is 0.776. The van der Waals surface area contributed by atoms with Gasteiger partial charge in [0.2, 0.25) is 0 Å². The average Bonchev–Trinajstić information content (AvgIpc) is 2.02. The van der Waals surface area contributed by atoms with Crippen LogP contribution in [0.15, 0.2) is 12.4 Å². The fraction of sp³-hybridized carbons (Fsp3) is 0.636. The van der Waals surface area contributed by atoms with E-state index in [0.29, 0.717) is 16.7 Å². The number of alkyl halides is 1. The van der Waals surface area contributed by atoms with Gasteiger partial charge in [0.25, 0.3) is 0 Å². The van der Waals surface area contributed by atoms with Gasteiger partial charge in [0.1, 0.15) is 6.33 Å². The highest BCUT2D eigenvalue weighted by atomic mass is 79.9. The zero-order valence-corrected chi connectivity index (χ0v) is 10.7. The number of halogens is 1. The molecule has 2 atom stereocenters. The molecule has 0 aliphatic carbocycles. The molecule has 0 N–H and O–H groups in total. The van der Waals surface area contributed by atoms with E-state index in [4.69, 9.17) is 0 Å². The molecule has 0 bridgehead atoms. The van der Waals surface area contributed by atoms with E-state index in [-0.39, 0.29) is 0 Å². The Labute approximate surface area is 94.3 Å². The van der Waals surface area contributed by atoms with Gasteiger partial charge in [-0.2, -0.15) is 0 Å². The molecule has 1 aromatic heterocycles. The van der Waals surface area contributed by atoms with Crippen molar-refractivity contribution in [3.8, 4) is 0 Å². The van der Waals surface area contributed by atoms with Crippen LogP contribution < -0.4 is 0 Å². The summed E-state index contributed by atoms with van der Waals surface area (Å²) in [5.41, 5.74) is 2.17. The molecular formula is C11H17BrN2. The maximum absolute atomic E-state index is 4.34. The highest BCUT2D eigenvalue weighted by Crippen LogP contribution is 2.30. The monoisotopic (exact) mass is 256 g/mol. The second-order valence-electron chi connectivity index (χ2n) is 4.03. The average molecular weight is 257 g/mol. The highest BCUT2D eigenvalue weighted by molar-refractivity contribution is 9.09. The van der Waals surface area contributed by atoms with Crippen LogP contribution in [0.4, 0.5) is 0 Å². The first kappa shape index (κ1) is 11.6. The summed E-state index contributed by atoms with van der Waals surface area (Å²) >= 11 is 3.64. The predicted octanol–water partition coefficient (Wildman–Crippen LogP) is 3.31. The summed E-state index contributed by atoms with van der Waals surface area (Å²) in [5.74, 6) is 1.04. The van der Waals surface area contributed by atoms with E-state index in [1.807, 2.05) is 6.92 Å². The first-order valence-electron chi connectivity index (χ1n) is 4.95. The lowest BCUT2D eigenvalue weighted by atomic mass is 9.89. The molecule has 1 heterocycles. The summed E-state index contributed by atoms with van der Waals surface area (Å²) in [6.45, 7) is 8.61. The van der Waals surface area contributed by atoms with Crippen molar-refractivity contribution >= 4 is 15.9 Å². The number of hydrogen-bond acceptors (Lipinski definition) is 2. The molecule has 0 saturated heterocycles. The van der Waals surface area contributed by atoms with Gasteiger partial charge in [-0.25, -0.2) is 9.97 Å². The molecule has 0 fully saturated rings. The van der Waals surface area contributed by atoms with E-state index in [1.165, 1.54) is 0 Å². The minimum atomic E-state index is 0.441. The van der Waals surface area contributed by atoms with E-state index in [0.717, 1.165) is 11.4 Å². The Morgan fingerprint density at radius 2 is 1.86 bits per heavy atom. The van der Waals surface area contributed by atoms with E-state index < -0.39 is 0 Å². The summed E-state index contributed by atoms with van der Waals surface area (Å²) in [6, 6.07) is 2.07. The molecule has 2 nitrogen and oxygen atoms in total. The SMILES string of the molecule is Cc1cc(C(C(C)C)C(C)Br)ncn1. The third kappa shape index (κ3) is 2.77. The second kappa shape index (κ2) is 4.87. The van der Waals surface area contributed by atoms with Crippen molar-refractivity contribution in [2.24, 2.45) is 5.92 Å². The predicted molar refractivity (Wildman–Crippen MR) is 62.7 cm³/mol. The van der Waals surface area contributed by atoms with Crippen LogP contribution in [0, 0.1) is 12.8 Å². The van der Waals surface area contributed by atoms with Crippen LogP contribution in [0.25, 0.3) is 0 Å². The number of aromatic nitrogens is 2. The third-order valence-corrected chi connectivity index (χ3v) is 2.95. The van der Waals surface area contributed by atoms with Crippen molar-refractivity contribution in [3.63, 3.8) is 0 Å². The Morgan fingerprint density at radius 3 is 2.29 bits per heavy atom. The number of hydrogen-bond donors (Lipinski definition) is 0. The Kier molecular flexibility index (Phi) is 4.05. The highest BCUT2D eigenvalue weighted by Gasteiger charge is 2.22. The van der Waals surface area contributed by atoms with Crippen molar-refractivity contribution in [1.82, 2.24) is 9.97 Å². The normalized spacial score (nSPS) is 15.6. The van der Waals surface area contributed by atoms with Crippen molar-refractivity contribution in [2.75, 3.05) is 0 Å². The van der Waals surface area contributed by atoms with E-state index in [9.17, 15) is 0 Å². The van der Waals surface area contributed by atoms with Crippen molar-refractivity contribution < 1.29 is 0 Å². The fourth-order valence-corrected chi connectivity index (χ4v) is 2.65. The number of aryl methyl sites for hydroxylation is 1. The molecule has 1 rings (SSSR count). The lowest BCUT2D eigenvalue weighted by Gasteiger charge is -2.22. The van der Waals surface area contributed by atoms with Crippen LogP contribution in [0.1, 0.15) is 38.1 Å². The molecule has 0 spiro atoms. The lowest BCUT2D eigenvalue weighted by Crippen LogP contribution is -2.17. The van der Waals surface area contributed by atoms with Crippen LogP contribution in [0.2, 0.25) is 0 Å². The third-order valence-electron chi connectivity index (χ3n) is 2.38. The summed E-state index contributed by atoms with van der Waals surface area (Å²) in [7, 11) is 0. The van der Waals surface area contributed by atoms with Crippen molar-refractivity contribution in [3.05, 3.63) is 23.8 Å². The number of nitrogens with zero attached hydrogens (tertiary/aromatic N) is 2. The van der Waals surface area contributed by atoms with E-state index >= 15 is 0 Å². The largest absolute Gasteiger partial charge is 0.242 e. The van der Waals surface area contributed by atoms with Crippen molar-refractivity contribution in [2.45, 2.75) is 38.4 Å². The van der Waals surface area contributed by atoms with Crippen LogP contribution in [-0.4, -0.2) is 14.8 Å². The van der Waals surface area contributed by atoms with Crippen molar-refractivity contribution in [1.29, 1.82) is 0 Å². The standard InChI is InChI=1S/C11H17BrN2/c1-7(2)11(9(4)12)10-5-8(3)13-6-14-10/h5-7,9,11H,1-4H3. The topological polar surface area (TPSA) is 25.8 Å².